The Bertz CT molecular complexity index is 1070. The highest BCUT2D eigenvalue weighted by molar-refractivity contribution is 6.07. The number of ether oxygens (including phenoxy) is 1. The Morgan fingerprint density at radius 3 is 2.13 bits per heavy atom. The minimum absolute atomic E-state index is 0.0413. The smallest absolute Gasteiger partial charge is 0.328 e. The van der Waals surface area contributed by atoms with Crippen molar-refractivity contribution >= 4 is 29.4 Å². The van der Waals surface area contributed by atoms with Gasteiger partial charge in [0.2, 0.25) is 11.8 Å². The summed E-state index contributed by atoms with van der Waals surface area (Å²) in [5, 5.41) is 2.33. The van der Waals surface area contributed by atoms with Crippen LogP contribution < -0.4 is 15.0 Å². The highest BCUT2D eigenvalue weighted by atomic mass is 16.5. The number of rotatable bonds is 6. The first kappa shape index (κ1) is 27.5. The first-order valence-corrected chi connectivity index (χ1v) is 14.8. The van der Waals surface area contributed by atoms with Crippen molar-refractivity contribution in [1.82, 2.24) is 15.1 Å². The second-order valence-electron chi connectivity index (χ2n) is 11.7. The maximum atomic E-state index is 13.4. The summed E-state index contributed by atoms with van der Waals surface area (Å²) in [6.07, 6.45) is 11.4. The molecule has 1 N–H and O–H groups in total. The van der Waals surface area contributed by atoms with E-state index < -0.39 is 6.03 Å². The number of anilines is 1. The normalized spacial score (nSPS) is 22.1. The van der Waals surface area contributed by atoms with E-state index in [2.05, 4.69) is 10.2 Å². The minimum Gasteiger partial charge on any atom is -0.495 e. The largest absolute Gasteiger partial charge is 0.495 e. The molecular weight excluding hydrogens is 496 g/mol. The van der Waals surface area contributed by atoms with E-state index in [9.17, 15) is 19.2 Å². The Balaban J connectivity index is 1.11. The molecular formula is C30H42N4O5. The van der Waals surface area contributed by atoms with Crippen LogP contribution in [0.25, 0.3) is 0 Å². The Morgan fingerprint density at radius 2 is 1.51 bits per heavy atom. The lowest BCUT2D eigenvalue weighted by atomic mass is 9.82. The molecule has 1 aromatic rings. The predicted molar refractivity (Wildman–Crippen MR) is 148 cm³/mol. The summed E-state index contributed by atoms with van der Waals surface area (Å²) in [7, 11) is 1.52. The summed E-state index contributed by atoms with van der Waals surface area (Å²) in [6.45, 7) is 3.50. The van der Waals surface area contributed by atoms with Crippen molar-refractivity contribution in [3.8, 4) is 5.75 Å². The molecule has 39 heavy (non-hydrogen) atoms. The van der Waals surface area contributed by atoms with Crippen LogP contribution in [-0.2, 0) is 9.59 Å². The van der Waals surface area contributed by atoms with Gasteiger partial charge in [-0.3, -0.25) is 24.6 Å². The Morgan fingerprint density at radius 1 is 0.872 bits per heavy atom. The third kappa shape index (κ3) is 6.39. The number of urea groups is 1. The topological polar surface area (TPSA) is 99.3 Å². The fourth-order valence-corrected chi connectivity index (χ4v) is 6.85. The van der Waals surface area contributed by atoms with E-state index in [-0.39, 0.29) is 30.7 Å². The molecule has 1 saturated carbocycles. The van der Waals surface area contributed by atoms with E-state index in [0.717, 1.165) is 64.7 Å². The van der Waals surface area contributed by atoms with Gasteiger partial charge in [-0.2, -0.15) is 0 Å². The second kappa shape index (κ2) is 12.4. The number of amides is 5. The van der Waals surface area contributed by atoms with Crippen molar-refractivity contribution in [2.24, 2.45) is 17.8 Å². The molecule has 0 spiro atoms. The lowest BCUT2D eigenvalue weighted by Gasteiger charge is -2.38. The van der Waals surface area contributed by atoms with Crippen molar-refractivity contribution in [2.45, 2.75) is 70.6 Å². The number of nitrogens with one attached hydrogen (secondary N) is 1. The van der Waals surface area contributed by atoms with Crippen molar-refractivity contribution in [1.29, 1.82) is 0 Å². The number of carbonyl (C=O) groups is 4. The summed E-state index contributed by atoms with van der Waals surface area (Å²) in [5.74, 6) is 2.08. The average Bonchev–Trinajstić information content (AvgIpc) is 2.97. The molecule has 0 aromatic heterocycles. The van der Waals surface area contributed by atoms with Gasteiger partial charge in [-0.25, -0.2) is 4.79 Å². The van der Waals surface area contributed by atoms with Gasteiger partial charge in [0.25, 0.3) is 5.91 Å². The number of likely N-dealkylation sites (tertiary alicyclic amines) is 2. The third-order valence-corrected chi connectivity index (χ3v) is 9.22. The number of imide groups is 1. The maximum absolute atomic E-state index is 13.4. The molecule has 3 heterocycles. The van der Waals surface area contributed by atoms with Gasteiger partial charge in [-0.1, -0.05) is 19.3 Å². The number of nitrogens with zero attached hydrogens (tertiary/aromatic N) is 3. The second-order valence-corrected chi connectivity index (χ2v) is 11.7. The standard InChI is InChI=1S/C30H42N4O5/c1-39-26-8-7-24(20-25(26)34-18-13-27(35)31-30(34)38)29(37)33-16-11-22(12-17-33)19-21-9-14-32(15-10-21)28(36)23-5-3-2-4-6-23/h7-8,20-23H,2-6,9-19H2,1H3,(H,31,35,38). The molecule has 5 amide bonds. The lowest BCUT2D eigenvalue weighted by molar-refractivity contribution is -0.138. The van der Waals surface area contributed by atoms with E-state index in [0.29, 0.717) is 34.7 Å². The van der Waals surface area contributed by atoms with Crippen molar-refractivity contribution in [3.63, 3.8) is 0 Å². The summed E-state index contributed by atoms with van der Waals surface area (Å²) in [5.41, 5.74) is 1.01. The van der Waals surface area contributed by atoms with Gasteiger partial charge in [-0.05, 0) is 75.0 Å². The molecule has 1 aromatic carbocycles. The zero-order valence-corrected chi connectivity index (χ0v) is 23.2. The van der Waals surface area contributed by atoms with Crippen LogP contribution >= 0.6 is 0 Å². The first-order chi connectivity index (χ1) is 18.9. The molecule has 0 atom stereocenters. The van der Waals surface area contributed by atoms with Crippen LogP contribution in [0.2, 0.25) is 0 Å². The first-order valence-electron chi connectivity index (χ1n) is 14.8. The van der Waals surface area contributed by atoms with Gasteiger partial charge in [0.15, 0.2) is 0 Å². The quantitative estimate of drug-likeness (QED) is 0.585. The molecule has 0 unspecified atom stereocenters. The number of carbonyl (C=O) groups excluding carboxylic acids is 4. The number of hydrogen-bond acceptors (Lipinski definition) is 5. The average molecular weight is 539 g/mol. The molecule has 4 aliphatic rings. The molecule has 9 nitrogen and oxygen atoms in total. The zero-order chi connectivity index (χ0) is 27.4. The van der Waals surface area contributed by atoms with Crippen LogP contribution in [0.3, 0.4) is 0 Å². The Labute approximate surface area is 231 Å². The van der Waals surface area contributed by atoms with E-state index in [1.807, 2.05) is 4.90 Å². The van der Waals surface area contributed by atoms with Gasteiger partial charge in [0.05, 0.1) is 12.8 Å². The van der Waals surface area contributed by atoms with Crippen LogP contribution in [0.15, 0.2) is 18.2 Å². The van der Waals surface area contributed by atoms with E-state index in [1.165, 1.54) is 37.7 Å². The summed E-state index contributed by atoms with van der Waals surface area (Å²) >= 11 is 0. The number of hydrogen-bond donors (Lipinski definition) is 1. The van der Waals surface area contributed by atoms with Gasteiger partial charge >= 0.3 is 6.03 Å². The van der Waals surface area contributed by atoms with Crippen LogP contribution in [-0.4, -0.2) is 73.4 Å². The Hall–Kier alpha value is -3.10. The van der Waals surface area contributed by atoms with E-state index in [4.69, 9.17) is 4.74 Å². The summed E-state index contributed by atoms with van der Waals surface area (Å²) in [6, 6.07) is 4.65. The van der Waals surface area contributed by atoms with Crippen LogP contribution in [0.1, 0.15) is 81.0 Å². The van der Waals surface area contributed by atoms with Crippen molar-refractivity contribution in [3.05, 3.63) is 23.8 Å². The summed E-state index contributed by atoms with van der Waals surface area (Å²) in [4.78, 5) is 55.7. The van der Waals surface area contributed by atoms with E-state index >= 15 is 0 Å². The van der Waals surface area contributed by atoms with Crippen molar-refractivity contribution in [2.75, 3.05) is 44.7 Å². The molecule has 4 fully saturated rings. The summed E-state index contributed by atoms with van der Waals surface area (Å²) < 4.78 is 5.44. The molecule has 9 heteroatoms. The molecule has 3 saturated heterocycles. The number of piperidine rings is 2. The van der Waals surface area contributed by atoms with Gasteiger partial charge in [0, 0.05) is 50.6 Å². The molecule has 0 radical (unpaired) electrons. The monoisotopic (exact) mass is 538 g/mol. The molecule has 1 aliphatic carbocycles. The highest BCUT2D eigenvalue weighted by Gasteiger charge is 2.32. The third-order valence-electron chi connectivity index (χ3n) is 9.22. The highest BCUT2D eigenvalue weighted by Crippen LogP contribution is 2.34. The van der Waals surface area contributed by atoms with Crippen LogP contribution in [0.4, 0.5) is 10.5 Å². The molecule has 5 rings (SSSR count). The fourth-order valence-electron chi connectivity index (χ4n) is 6.85. The van der Waals surface area contributed by atoms with Gasteiger partial charge in [0.1, 0.15) is 5.75 Å². The lowest BCUT2D eigenvalue weighted by Crippen LogP contribution is -2.49. The SMILES string of the molecule is COc1ccc(C(=O)N2CCC(CC3CCN(C(=O)C4CCCCC4)CC3)CC2)cc1N1CCC(=O)NC1=O. The van der Waals surface area contributed by atoms with Gasteiger partial charge < -0.3 is 14.5 Å². The molecule has 212 valence electrons. The number of benzene rings is 1. The zero-order valence-electron chi connectivity index (χ0n) is 23.2. The fraction of sp³-hybridized carbons (Fsp3) is 0.667. The maximum Gasteiger partial charge on any atom is 0.328 e. The van der Waals surface area contributed by atoms with Crippen molar-refractivity contribution < 1.29 is 23.9 Å². The molecule has 3 aliphatic heterocycles. The van der Waals surface area contributed by atoms with E-state index in [1.54, 1.807) is 18.2 Å². The van der Waals surface area contributed by atoms with Crippen LogP contribution in [0.5, 0.6) is 5.75 Å². The minimum atomic E-state index is -0.501. The van der Waals surface area contributed by atoms with Crippen LogP contribution in [0, 0.1) is 17.8 Å². The van der Waals surface area contributed by atoms with Gasteiger partial charge in [-0.15, -0.1) is 0 Å². The Kier molecular flexibility index (Phi) is 8.72. The predicted octanol–water partition coefficient (Wildman–Crippen LogP) is 4.20. The number of methoxy groups -OCH3 is 1. The molecule has 0 bridgehead atoms.